The van der Waals surface area contributed by atoms with E-state index in [2.05, 4.69) is 23.3 Å². The van der Waals surface area contributed by atoms with Gasteiger partial charge in [0.1, 0.15) is 6.04 Å². The van der Waals surface area contributed by atoms with Crippen LogP contribution in [-0.2, 0) is 0 Å². The second kappa shape index (κ2) is 5.39. The van der Waals surface area contributed by atoms with Crippen molar-refractivity contribution in [2.75, 3.05) is 6.54 Å². The average molecular weight is 177 g/mol. The quantitative estimate of drug-likeness (QED) is 0.675. The van der Waals surface area contributed by atoms with Crippen molar-refractivity contribution in [3.05, 3.63) is 24.0 Å². The van der Waals surface area contributed by atoms with Crippen LogP contribution in [-0.4, -0.2) is 11.5 Å². The van der Waals surface area contributed by atoms with Gasteiger partial charge in [0.05, 0.1) is 6.07 Å². The summed E-state index contributed by atoms with van der Waals surface area (Å²) in [6.07, 6.45) is 4.09. The van der Waals surface area contributed by atoms with Crippen LogP contribution in [0.3, 0.4) is 0 Å². The van der Waals surface area contributed by atoms with Crippen LogP contribution in [0.15, 0.2) is 18.3 Å². The molecular weight excluding hydrogens is 162 g/mol. The lowest BCUT2D eigenvalue weighted by Crippen LogP contribution is -2.21. The van der Waals surface area contributed by atoms with E-state index in [0.717, 1.165) is 25.1 Å². The summed E-state index contributed by atoms with van der Waals surface area (Å²) in [4.78, 5) is 3.03. The van der Waals surface area contributed by atoms with E-state index in [4.69, 9.17) is 5.26 Å². The van der Waals surface area contributed by atoms with Gasteiger partial charge in [-0.2, -0.15) is 5.26 Å². The fourth-order valence-electron chi connectivity index (χ4n) is 1.17. The summed E-state index contributed by atoms with van der Waals surface area (Å²) in [5.41, 5.74) is 0.943. The van der Waals surface area contributed by atoms with Crippen LogP contribution in [0.1, 0.15) is 31.5 Å². The average Bonchev–Trinajstić information content (AvgIpc) is 2.65. The van der Waals surface area contributed by atoms with Crippen molar-refractivity contribution in [1.82, 2.24) is 10.3 Å². The molecule has 1 unspecified atom stereocenters. The van der Waals surface area contributed by atoms with Gasteiger partial charge in [0, 0.05) is 11.9 Å². The van der Waals surface area contributed by atoms with Crippen LogP contribution >= 0.6 is 0 Å². The summed E-state index contributed by atoms with van der Waals surface area (Å²) in [7, 11) is 0. The molecular formula is C10H15N3. The molecule has 13 heavy (non-hydrogen) atoms. The van der Waals surface area contributed by atoms with E-state index in [1.807, 2.05) is 18.3 Å². The Kier molecular flexibility index (Phi) is 4.07. The smallest absolute Gasteiger partial charge is 0.136 e. The highest BCUT2D eigenvalue weighted by Crippen LogP contribution is 2.08. The van der Waals surface area contributed by atoms with Gasteiger partial charge in [0.2, 0.25) is 0 Å². The zero-order valence-electron chi connectivity index (χ0n) is 7.88. The van der Waals surface area contributed by atoms with Crippen molar-refractivity contribution in [2.24, 2.45) is 0 Å². The van der Waals surface area contributed by atoms with Gasteiger partial charge in [-0.15, -0.1) is 0 Å². The molecule has 0 aromatic carbocycles. The van der Waals surface area contributed by atoms with Gasteiger partial charge >= 0.3 is 0 Å². The Hall–Kier alpha value is -1.27. The molecule has 0 saturated heterocycles. The molecule has 0 aliphatic rings. The first-order valence-corrected chi connectivity index (χ1v) is 4.64. The van der Waals surface area contributed by atoms with Crippen molar-refractivity contribution in [2.45, 2.75) is 25.8 Å². The fourth-order valence-corrected chi connectivity index (χ4v) is 1.17. The number of nitriles is 1. The van der Waals surface area contributed by atoms with E-state index in [-0.39, 0.29) is 6.04 Å². The standard InChI is InChI=1S/C10H15N3/c1-2-3-6-13-10(8-11)9-5-4-7-12-9/h4-5,7,10,12-13H,2-3,6H2,1H3. The van der Waals surface area contributed by atoms with E-state index in [1.54, 1.807) is 0 Å². The molecule has 1 rings (SSSR count). The first-order chi connectivity index (χ1) is 6.38. The molecule has 70 valence electrons. The van der Waals surface area contributed by atoms with E-state index in [0.29, 0.717) is 0 Å². The highest BCUT2D eigenvalue weighted by Gasteiger charge is 2.08. The molecule has 3 heteroatoms. The predicted octanol–water partition coefficient (Wildman–Crippen LogP) is 1.97. The molecule has 0 saturated carbocycles. The predicted molar refractivity (Wildman–Crippen MR) is 52.1 cm³/mol. The SMILES string of the molecule is CCCCNC(C#N)c1ccc[nH]1. The van der Waals surface area contributed by atoms with Crippen LogP contribution in [0.2, 0.25) is 0 Å². The number of hydrogen-bond donors (Lipinski definition) is 2. The first-order valence-electron chi connectivity index (χ1n) is 4.64. The molecule has 0 radical (unpaired) electrons. The van der Waals surface area contributed by atoms with Gasteiger partial charge in [-0.3, -0.25) is 5.32 Å². The van der Waals surface area contributed by atoms with Gasteiger partial charge in [0.25, 0.3) is 0 Å². The molecule has 0 fully saturated rings. The monoisotopic (exact) mass is 177 g/mol. The Morgan fingerprint density at radius 2 is 2.54 bits per heavy atom. The lowest BCUT2D eigenvalue weighted by Gasteiger charge is -2.08. The van der Waals surface area contributed by atoms with E-state index in [1.165, 1.54) is 0 Å². The summed E-state index contributed by atoms with van der Waals surface area (Å²) in [6.45, 7) is 3.03. The van der Waals surface area contributed by atoms with Gasteiger partial charge in [-0.1, -0.05) is 13.3 Å². The molecule has 1 atom stereocenters. The van der Waals surface area contributed by atoms with Crippen molar-refractivity contribution >= 4 is 0 Å². The topological polar surface area (TPSA) is 51.6 Å². The summed E-state index contributed by atoms with van der Waals surface area (Å²) in [6, 6.07) is 5.86. The minimum atomic E-state index is -0.193. The molecule has 0 aliphatic heterocycles. The highest BCUT2D eigenvalue weighted by molar-refractivity contribution is 5.15. The zero-order valence-corrected chi connectivity index (χ0v) is 7.88. The van der Waals surface area contributed by atoms with Crippen LogP contribution in [0, 0.1) is 11.3 Å². The maximum absolute atomic E-state index is 8.86. The number of aromatic amines is 1. The van der Waals surface area contributed by atoms with Crippen molar-refractivity contribution in [3.63, 3.8) is 0 Å². The lowest BCUT2D eigenvalue weighted by molar-refractivity contribution is 0.590. The molecule has 0 spiro atoms. The summed E-state index contributed by atoms with van der Waals surface area (Å²) < 4.78 is 0. The van der Waals surface area contributed by atoms with E-state index >= 15 is 0 Å². The molecule has 0 amide bonds. The van der Waals surface area contributed by atoms with Crippen LogP contribution in [0.5, 0.6) is 0 Å². The Morgan fingerprint density at radius 1 is 1.69 bits per heavy atom. The number of H-pyrrole nitrogens is 1. The summed E-state index contributed by atoms with van der Waals surface area (Å²) >= 11 is 0. The minimum Gasteiger partial charge on any atom is -0.363 e. The largest absolute Gasteiger partial charge is 0.363 e. The lowest BCUT2D eigenvalue weighted by atomic mass is 10.2. The number of nitrogens with zero attached hydrogens (tertiary/aromatic N) is 1. The molecule has 0 aliphatic carbocycles. The van der Waals surface area contributed by atoms with Gasteiger partial charge in [-0.25, -0.2) is 0 Å². The van der Waals surface area contributed by atoms with Crippen molar-refractivity contribution < 1.29 is 0 Å². The second-order valence-electron chi connectivity index (χ2n) is 3.00. The zero-order chi connectivity index (χ0) is 9.52. The molecule has 2 N–H and O–H groups in total. The minimum absolute atomic E-state index is 0.193. The number of rotatable bonds is 5. The van der Waals surface area contributed by atoms with E-state index < -0.39 is 0 Å². The van der Waals surface area contributed by atoms with Gasteiger partial charge in [0.15, 0.2) is 0 Å². The number of nitrogens with one attached hydrogen (secondary N) is 2. The Balaban J connectivity index is 2.41. The molecule has 1 aromatic heterocycles. The number of unbranched alkanes of at least 4 members (excludes halogenated alkanes) is 1. The van der Waals surface area contributed by atoms with Gasteiger partial charge in [-0.05, 0) is 25.1 Å². The maximum atomic E-state index is 8.86. The third kappa shape index (κ3) is 2.92. The normalized spacial score (nSPS) is 12.3. The molecule has 1 heterocycles. The molecule has 0 bridgehead atoms. The Bertz CT molecular complexity index is 258. The van der Waals surface area contributed by atoms with Crippen LogP contribution < -0.4 is 5.32 Å². The van der Waals surface area contributed by atoms with Crippen molar-refractivity contribution in [3.8, 4) is 6.07 Å². The number of aromatic nitrogens is 1. The van der Waals surface area contributed by atoms with Crippen molar-refractivity contribution in [1.29, 1.82) is 5.26 Å². The van der Waals surface area contributed by atoms with Gasteiger partial charge < -0.3 is 4.98 Å². The highest BCUT2D eigenvalue weighted by atomic mass is 14.9. The summed E-state index contributed by atoms with van der Waals surface area (Å²) in [5, 5.41) is 12.0. The third-order valence-corrected chi connectivity index (χ3v) is 1.94. The maximum Gasteiger partial charge on any atom is 0.136 e. The second-order valence-corrected chi connectivity index (χ2v) is 3.00. The Labute approximate surface area is 78.8 Å². The summed E-state index contributed by atoms with van der Waals surface area (Å²) in [5.74, 6) is 0. The molecule has 1 aromatic rings. The first kappa shape index (κ1) is 9.82. The third-order valence-electron chi connectivity index (χ3n) is 1.94. The number of hydrogen-bond acceptors (Lipinski definition) is 2. The fraction of sp³-hybridized carbons (Fsp3) is 0.500. The molecule has 3 nitrogen and oxygen atoms in total. The van der Waals surface area contributed by atoms with E-state index in [9.17, 15) is 0 Å². The Morgan fingerprint density at radius 3 is 3.08 bits per heavy atom. The van der Waals surface area contributed by atoms with Crippen LogP contribution in [0.25, 0.3) is 0 Å². The van der Waals surface area contributed by atoms with Crippen LogP contribution in [0.4, 0.5) is 0 Å².